The molecule has 1 aromatic rings. The molecule has 134 valence electrons. The van der Waals surface area contributed by atoms with E-state index in [9.17, 15) is 9.59 Å². The average Bonchev–Trinajstić information content (AvgIpc) is 2.87. The van der Waals surface area contributed by atoms with E-state index in [2.05, 4.69) is 6.07 Å². The van der Waals surface area contributed by atoms with E-state index in [1.807, 2.05) is 32.9 Å². The van der Waals surface area contributed by atoms with E-state index >= 15 is 0 Å². The molecule has 0 aromatic heterocycles. The van der Waals surface area contributed by atoms with E-state index in [-0.39, 0.29) is 22.9 Å². The number of methoxy groups -OCH3 is 1. The zero-order valence-corrected chi connectivity index (χ0v) is 15.3. The van der Waals surface area contributed by atoms with E-state index < -0.39 is 5.60 Å². The lowest BCUT2D eigenvalue weighted by atomic mass is 9.33. The van der Waals surface area contributed by atoms with Gasteiger partial charge in [-0.25, -0.2) is 4.79 Å². The van der Waals surface area contributed by atoms with E-state index in [1.54, 1.807) is 4.90 Å². The van der Waals surface area contributed by atoms with Crippen LogP contribution in [0.4, 0.5) is 10.5 Å². The molecule has 5 nitrogen and oxygen atoms in total. The Bertz CT molecular complexity index is 742. The first-order chi connectivity index (χ1) is 11.7. The lowest BCUT2D eigenvalue weighted by Gasteiger charge is -2.69. The Morgan fingerprint density at radius 2 is 1.84 bits per heavy atom. The fourth-order valence-corrected chi connectivity index (χ4v) is 4.94. The van der Waals surface area contributed by atoms with Gasteiger partial charge in [0.1, 0.15) is 5.60 Å². The molecular formula is C20H25NO4. The molecule has 3 aliphatic carbocycles. The highest BCUT2D eigenvalue weighted by Crippen LogP contribution is 2.74. The van der Waals surface area contributed by atoms with Gasteiger partial charge in [-0.1, -0.05) is 12.1 Å². The minimum Gasteiger partial charge on any atom is -0.469 e. The number of carbonyl (C=O) groups is 2. The molecule has 0 radical (unpaired) electrons. The van der Waals surface area contributed by atoms with Crippen LogP contribution in [0.15, 0.2) is 18.2 Å². The third-order valence-corrected chi connectivity index (χ3v) is 5.86. The molecule has 0 saturated heterocycles. The van der Waals surface area contributed by atoms with Gasteiger partial charge in [-0.2, -0.15) is 0 Å². The maximum Gasteiger partial charge on any atom is 0.414 e. The van der Waals surface area contributed by atoms with Crippen LogP contribution in [0.2, 0.25) is 0 Å². The number of ether oxygens (including phenoxy) is 2. The third kappa shape index (κ3) is 2.28. The van der Waals surface area contributed by atoms with E-state index in [4.69, 9.17) is 9.47 Å². The highest BCUT2D eigenvalue weighted by atomic mass is 16.6. The summed E-state index contributed by atoms with van der Waals surface area (Å²) in [4.78, 5) is 26.2. The summed E-state index contributed by atoms with van der Waals surface area (Å²) < 4.78 is 10.5. The molecule has 4 aliphatic rings. The monoisotopic (exact) mass is 343 g/mol. The summed E-state index contributed by atoms with van der Waals surface area (Å²) in [5, 5.41) is 0. The molecule has 3 saturated carbocycles. The highest BCUT2D eigenvalue weighted by molar-refractivity contribution is 5.91. The molecule has 1 heterocycles. The van der Waals surface area contributed by atoms with Gasteiger partial charge < -0.3 is 9.47 Å². The van der Waals surface area contributed by atoms with Gasteiger partial charge in [-0.15, -0.1) is 0 Å². The second-order valence-corrected chi connectivity index (χ2v) is 8.77. The van der Waals surface area contributed by atoms with Crippen molar-refractivity contribution in [2.24, 2.45) is 5.41 Å². The van der Waals surface area contributed by atoms with Crippen LogP contribution in [0.25, 0.3) is 0 Å². The first kappa shape index (κ1) is 16.4. The summed E-state index contributed by atoms with van der Waals surface area (Å²) in [6, 6.07) is 6.18. The van der Waals surface area contributed by atoms with Crippen LogP contribution >= 0.6 is 0 Å². The summed E-state index contributed by atoms with van der Waals surface area (Å²) >= 11 is 0. The normalized spacial score (nSPS) is 29.4. The van der Waals surface area contributed by atoms with Gasteiger partial charge in [-0.3, -0.25) is 9.69 Å². The number of esters is 1. The quantitative estimate of drug-likeness (QED) is 0.770. The van der Waals surface area contributed by atoms with Crippen molar-refractivity contribution in [3.05, 3.63) is 29.3 Å². The molecule has 2 bridgehead atoms. The molecule has 3 fully saturated rings. The predicted molar refractivity (Wildman–Crippen MR) is 93.7 cm³/mol. The zero-order valence-electron chi connectivity index (χ0n) is 15.3. The first-order valence-electron chi connectivity index (χ1n) is 8.91. The van der Waals surface area contributed by atoms with Crippen molar-refractivity contribution in [2.45, 2.75) is 57.5 Å². The topological polar surface area (TPSA) is 55.8 Å². The maximum absolute atomic E-state index is 12.5. The van der Waals surface area contributed by atoms with Gasteiger partial charge in [0.25, 0.3) is 0 Å². The van der Waals surface area contributed by atoms with Crippen molar-refractivity contribution in [1.82, 2.24) is 0 Å². The Hall–Kier alpha value is -2.04. The molecule has 0 unspecified atom stereocenters. The summed E-state index contributed by atoms with van der Waals surface area (Å²) in [5.74, 6) is -0.0719. The van der Waals surface area contributed by atoms with Gasteiger partial charge in [0, 0.05) is 6.54 Å². The standard InChI is InChI=1S/C20H25NO4/c1-18(2,3)25-17(23)21-9-8-13-14(6-5-7-15(13)21)19-10-20(11-19,12-19)16(22)24-4/h5-7H,8-12H2,1-4H3. The van der Waals surface area contributed by atoms with Crippen LogP contribution in [-0.2, 0) is 26.1 Å². The van der Waals surface area contributed by atoms with Crippen LogP contribution in [0.1, 0.15) is 51.2 Å². The molecule has 25 heavy (non-hydrogen) atoms. The number of rotatable bonds is 2. The van der Waals surface area contributed by atoms with Crippen molar-refractivity contribution in [1.29, 1.82) is 0 Å². The average molecular weight is 343 g/mol. The molecule has 0 atom stereocenters. The number of nitrogens with zero attached hydrogens (tertiary/aromatic N) is 1. The smallest absolute Gasteiger partial charge is 0.414 e. The number of fused-ring (bicyclic) bond motifs is 1. The van der Waals surface area contributed by atoms with Crippen molar-refractivity contribution in [3.8, 4) is 0 Å². The van der Waals surface area contributed by atoms with Gasteiger partial charge in [0.15, 0.2) is 0 Å². The predicted octanol–water partition coefficient (Wildman–Crippen LogP) is 3.58. The second-order valence-electron chi connectivity index (χ2n) is 8.77. The first-order valence-corrected chi connectivity index (χ1v) is 8.91. The van der Waals surface area contributed by atoms with Crippen molar-refractivity contribution >= 4 is 17.7 Å². The number of benzene rings is 1. The lowest BCUT2D eigenvalue weighted by Crippen LogP contribution is -2.68. The Kier molecular flexibility index (Phi) is 3.28. The Morgan fingerprint density at radius 3 is 2.44 bits per heavy atom. The number of hydrogen-bond donors (Lipinski definition) is 0. The minimum atomic E-state index is -0.502. The summed E-state index contributed by atoms with van der Waals surface area (Å²) in [7, 11) is 1.47. The Morgan fingerprint density at radius 1 is 1.16 bits per heavy atom. The van der Waals surface area contributed by atoms with Crippen molar-refractivity contribution in [2.75, 3.05) is 18.6 Å². The molecule has 1 aliphatic heterocycles. The van der Waals surface area contributed by atoms with Gasteiger partial charge in [0.2, 0.25) is 0 Å². The maximum atomic E-state index is 12.5. The Labute approximate surface area is 148 Å². The van der Waals surface area contributed by atoms with Gasteiger partial charge in [0.05, 0.1) is 18.2 Å². The van der Waals surface area contributed by atoms with E-state index in [1.165, 1.54) is 18.2 Å². The van der Waals surface area contributed by atoms with Crippen LogP contribution in [0, 0.1) is 5.41 Å². The lowest BCUT2D eigenvalue weighted by molar-refractivity contribution is -0.198. The summed E-state index contributed by atoms with van der Waals surface area (Å²) in [5.41, 5.74) is 2.86. The number of anilines is 1. The number of amides is 1. The third-order valence-electron chi connectivity index (χ3n) is 5.86. The van der Waals surface area contributed by atoms with Crippen LogP contribution < -0.4 is 4.90 Å². The molecule has 0 N–H and O–H groups in total. The Balaban J connectivity index is 1.57. The summed E-state index contributed by atoms with van der Waals surface area (Å²) in [6.45, 7) is 6.30. The van der Waals surface area contributed by atoms with E-state index in [0.717, 1.165) is 31.4 Å². The van der Waals surface area contributed by atoms with Gasteiger partial charge >= 0.3 is 12.1 Å². The number of hydrogen-bond acceptors (Lipinski definition) is 4. The zero-order chi connectivity index (χ0) is 18.0. The molecule has 0 spiro atoms. The molecular weight excluding hydrogens is 318 g/mol. The van der Waals surface area contributed by atoms with Crippen LogP contribution in [-0.4, -0.2) is 31.3 Å². The molecule has 1 amide bonds. The van der Waals surface area contributed by atoms with E-state index in [0.29, 0.717) is 6.54 Å². The second kappa shape index (κ2) is 4.99. The number of carbonyl (C=O) groups excluding carboxylic acids is 2. The largest absolute Gasteiger partial charge is 0.469 e. The molecule has 1 aromatic carbocycles. The minimum absolute atomic E-state index is 0.0719. The van der Waals surface area contributed by atoms with Crippen molar-refractivity contribution in [3.63, 3.8) is 0 Å². The summed E-state index contributed by atoms with van der Waals surface area (Å²) in [6.07, 6.45) is 3.17. The fourth-order valence-electron chi connectivity index (χ4n) is 4.94. The van der Waals surface area contributed by atoms with Gasteiger partial charge in [-0.05, 0) is 69.1 Å². The van der Waals surface area contributed by atoms with Crippen LogP contribution in [0.5, 0.6) is 0 Å². The molecule has 5 heteroatoms. The van der Waals surface area contributed by atoms with Crippen LogP contribution in [0.3, 0.4) is 0 Å². The SMILES string of the molecule is COC(=O)C12CC(c3cccc4c3CCN4C(=O)OC(C)(C)C)(C1)C2. The molecule has 5 rings (SSSR count). The fraction of sp³-hybridized carbons (Fsp3) is 0.600. The highest BCUT2D eigenvalue weighted by Gasteiger charge is 2.73. The van der Waals surface area contributed by atoms with Crippen molar-refractivity contribution < 1.29 is 19.1 Å².